The minimum Gasteiger partial charge on any atom is -0.410 e. The molecule has 0 aliphatic rings. The predicted octanol–water partition coefficient (Wildman–Crippen LogP) is 2.31. The van der Waals surface area contributed by atoms with Crippen LogP contribution in [0.25, 0.3) is 0 Å². The highest BCUT2D eigenvalue weighted by Gasteiger charge is 2.38. The third kappa shape index (κ3) is 2.79. The Bertz CT molecular complexity index is 235. The van der Waals surface area contributed by atoms with Gasteiger partial charge >= 0.3 is 7.60 Å². The van der Waals surface area contributed by atoms with Crippen LogP contribution < -0.4 is 0 Å². The number of hydrogen-bond donors (Lipinski definition) is 1. The van der Waals surface area contributed by atoms with E-state index in [-0.39, 0.29) is 5.45 Å². The largest absolute Gasteiger partial charge is 0.410 e. The molecule has 0 heterocycles. The van der Waals surface area contributed by atoms with E-state index in [1.54, 1.807) is 20.8 Å². The average Bonchev–Trinajstić information content (AvgIpc) is 2.02. The Morgan fingerprint density at radius 3 is 1.77 bits per heavy atom. The Hall–Kier alpha value is -0.380. The summed E-state index contributed by atoms with van der Waals surface area (Å²) in [4.78, 5) is 0. The van der Waals surface area contributed by atoms with Gasteiger partial charge in [0.1, 0.15) is 0 Å². The molecule has 0 amide bonds. The Morgan fingerprint density at radius 2 is 1.69 bits per heavy atom. The van der Waals surface area contributed by atoms with Gasteiger partial charge in [0, 0.05) is 19.6 Å². The fourth-order valence-electron chi connectivity index (χ4n) is 0.863. The van der Waals surface area contributed by atoms with Crippen molar-refractivity contribution < 1.29 is 18.8 Å². The molecule has 0 aliphatic heterocycles. The van der Waals surface area contributed by atoms with Gasteiger partial charge in [-0.3, -0.25) is 4.57 Å². The van der Waals surface area contributed by atoms with Crippen LogP contribution in [-0.2, 0) is 13.6 Å². The van der Waals surface area contributed by atoms with Gasteiger partial charge in [-0.05, 0) is 0 Å². The van der Waals surface area contributed by atoms with Gasteiger partial charge in [-0.1, -0.05) is 25.9 Å². The lowest BCUT2D eigenvalue weighted by atomic mass is 9.99. The second-order valence-corrected chi connectivity index (χ2v) is 5.69. The molecule has 78 valence electrons. The number of hydrogen-bond acceptors (Lipinski definition) is 5. The van der Waals surface area contributed by atoms with Crippen LogP contribution in [0, 0.1) is 5.41 Å². The maximum Gasteiger partial charge on any atom is 0.378 e. The molecule has 0 spiro atoms. The van der Waals surface area contributed by atoms with Crippen molar-refractivity contribution in [2.75, 3.05) is 14.2 Å². The topological polar surface area (TPSA) is 68.1 Å². The Morgan fingerprint density at radius 1 is 1.31 bits per heavy atom. The summed E-state index contributed by atoms with van der Waals surface area (Å²) in [7, 11) is -0.910. The zero-order valence-electron chi connectivity index (χ0n) is 8.57. The lowest BCUT2D eigenvalue weighted by Crippen LogP contribution is -2.21. The molecular weight excluding hydrogens is 193 g/mol. The first-order valence-corrected chi connectivity index (χ1v) is 5.30. The van der Waals surface area contributed by atoms with Gasteiger partial charge in [0.05, 0.1) is 0 Å². The summed E-state index contributed by atoms with van der Waals surface area (Å²) in [5.74, 6) is 0. The van der Waals surface area contributed by atoms with Crippen LogP contribution in [0.15, 0.2) is 5.16 Å². The van der Waals surface area contributed by atoms with Crippen molar-refractivity contribution >= 4 is 13.0 Å². The van der Waals surface area contributed by atoms with Crippen molar-refractivity contribution in [3.8, 4) is 0 Å². The molecule has 0 bridgehead atoms. The maximum atomic E-state index is 11.8. The minimum atomic E-state index is -3.41. The third-order valence-electron chi connectivity index (χ3n) is 1.51. The van der Waals surface area contributed by atoms with Gasteiger partial charge in [0.2, 0.25) is 0 Å². The predicted molar refractivity (Wildman–Crippen MR) is 50.3 cm³/mol. The standard InChI is InChI=1S/C7H16NO4P/c1-7(2,3)6(8-9)13(10,11-4)12-5/h9H,1-5H3. The molecule has 0 saturated heterocycles. The SMILES string of the molecule is COP(=O)(OC)C(=NO)C(C)(C)C. The molecule has 0 fully saturated rings. The van der Waals surface area contributed by atoms with E-state index in [0.717, 1.165) is 0 Å². The van der Waals surface area contributed by atoms with Gasteiger partial charge in [-0.2, -0.15) is 0 Å². The first-order chi connectivity index (χ1) is 5.81. The van der Waals surface area contributed by atoms with Gasteiger partial charge in [0.25, 0.3) is 0 Å². The maximum absolute atomic E-state index is 11.8. The Labute approximate surface area is 78.3 Å². The average molecular weight is 209 g/mol. The van der Waals surface area contributed by atoms with Crippen molar-refractivity contribution in [3.05, 3.63) is 0 Å². The van der Waals surface area contributed by atoms with Crippen molar-refractivity contribution in [1.29, 1.82) is 0 Å². The molecule has 0 unspecified atom stereocenters. The smallest absolute Gasteiger partial charge is 0.378 e. The molecule has 0 aromatic carbocycles. The van der Waals surface area contributed by atoms with E-state index >= 15 is 0 Å². The zero-order valence-corrected chi connectivity index (χ0v) is 9.46. The monoisotopic (exact) mass is 209 g/mol. The highest BCUT2D eigenvalue weighted by molar-refractivity contribution is 7.72. The van der Waals surface area contributed by atoms with Crippen LogP contribution in [0.1, 0.15) is 20.8 Å². The lowest BCUT2D eigenvalue weighted by molar-refractivity contribution is 0.277. The zero-order chi connectivity index (χ0) is 10.7. The van der Waals surface area contributed by atoms with Crippen molar-refractivity contribution in [2.45, 2.75) is 20.8 Å². The Kier molecular flexibility index (Phi) is 4.10. The van der Waals surface area contributed by atoms with E-state index < -0.39 is 13.0 Å². The molecule has 0 saturated carbocycles. The summed E-state index contributed by atoms with van der Waals surface area (Å²) < 4.78 is 21.2. The van der Waals surface area contributed by atoms with Gasteiger partial charge in [0.15, 0.2) is 5.45 Å². The number of nitrogens with zero attached hydrogens (tertiary/aromatic N) is 1. The van der Waals surface area contributed by atoms with Crippen molar-refractivity contribution in [2.24, 2.45) is 10.6 Å². The molecule has 5 nitrogen and oxygen atoms in total. The Balaban J connectivity index is 5.12. The minimum absolute atomic E-state index is 0.0185. The van der Waals surface area contributed by atoms with Gasteiger partial charge < -0.3 is 14.3 Å². The van der Waals surface area contributed by atoms with E-state index in [9.17, 15) is 4.57 Å². The van der Waals surface area contributed by atoms with E-state index in [1.165, 1.54) is 14.2 Å². The normalized spacial score (nSPS) is 14.7. The van der Waals surface area contributed by atoms with E-state index in [1.807, 2.05) is 0 Å². The summed E-state index contributed by atoms with van der Waals surface area (Å²) in [6, 6.07) is 0. The summed E-state index contributed by atoms with van der Waals surface area (Å²) in [6.45, 7) is 5.27. The van der Waals surface area contributed by atoms with Crippen LogP contribution in [0.2, 0.25) is 0 Å². The molecular formula is C7H16NO4P. The summed E-state index contributed by atoms with van der Waals surface area (Å²) in [6.07, 6.45) is 0. The molecule has 13 heavy (non-hydrogen) atoms. The number of oxime groups is 1. The lowest BCUT2D eigenvalue weighted by Gasteiger charge is -2.24. The van der Waals surface area contributed by atoms with Crippen LogP contribution in [-0.4, -0.2) is 24.9 Å². The number of rotatable bonds is 3. The summed E-state index contributed by atoms with van der Waals surface area (Å²) in [5, 5.41) is 11.7. The highest BCUT2D eigenvalue weighted by Crippen LogP contribution is 2.53. The fraction of sp³-hybridized carbons (Fsp3) is 0.857. The molecule has 6 heteroatoms. The molecule has 0 radical (unpaired) electrons. The van der Waals surface area contributed by atoms with Crippen LogP contribution >= 0.6 is 7.60 Å². The summed E-state index contributed by atoms with van der Waals surface area (Å²) >= 11 is 0. The molecule has 0 atom stereocenters. The highest BCUT2D eigenvalue weighted by atomic mass is 31.2. The molecule has 0 rings (SSSR count). The second-order valence-electron chi connectivity index (χ2n) is 3.54. The van der Waals surface area contributed by atoms with Crippen molar-refractivity contribution in [3.63, 3.8) is 0 Å². The molecule has 1 N–H and O–H groups in total. The van der Waals surface area contributed by atoms with Gasteiger partial charge in [-0.25, -0.2) is 0 Å². The first-order valence-electron chi connectivity index (χ1n) is 3.76. The molecule has 0 aromatic rings. The molecule has 0 aromatic heterocycles. The van der Waals surface area contributed by atoms with Gasteiger partial charge in [-0.15, -0.1) is 0 Å². The van der Waals surface area contributed by atoms with E-state index in [4.69, 9.17) is 14.3 Å². The van der Waals surface area contributed by atoms with Crippen LogP contribution in [0.3, 0.4) is 0 Å². The van der Waals surface area contributed by atoms with E-state index in [2.05, 4.69) is 5.16 Å². The van der Waals surface area contributed by atoms with Crippen molar-refractivity contribution in [1.82, 2.24) is 0 Å². The van der Waals surface area contributed by atoms with Crippen LogP contribution in [0.5, 0.6) is 0 Å². The quantitative estimate of drug-likeness (QED) is 0.335. The molecule has 0 aliphatic carbocycles. The second kappa shape index (κ2) is 4.22. The van der Waals surface area contributed by atoms with Crippen LogP contribution in [0.4, 0.5) is 0 Å². The summed E-state index contributed by atoms with van der Waals surface area (Å²) in [5.41, 5.74) is -0.541. The first kappa shape index (κ1) is 12.6. The van der Waals surface area contributed by atoms with E-state index in [0.29, 0.717) is 0 Å². The third-order valence-corrected chi connectivity index (χ3v) is 3.75. The fourth-order valence-corrected chi connectivity index (χ4v) is 2.29.